The Morgan fingerprint density at radius 3 is 1.79 bits per heavy atom. The summed E-state index contributed by atoms with van der Waals surface area (Å²) >= 11 is 0. The van der Waals surface area contributed by atoms with Gasteiger partial charge in [0.2, 0.25) is 11.6 Å². The van der Waals surface area contributed by atoms with Gasteiger partial charge in [0.1, 0.15) is 6.33 Å². The highest BCUT2D eigenvalue weighted by molar-refractivity contribution is 5.72. The third-order valence-corrected chi connectivity index (χ3v) is 7.28. The van der Waals surface area contributed by atoms with Gasteiger partial charge >= 0.3 is 11.8 Å². The van der Waals surface area contributed by atoms with Gasteiger partial charge in [-0.05, 0) is 18.1 Å². The maximum absolute atomic E-state index is 12.3. The van der Waals surface area contributed by atoms with E-state index in [2.05, 4.69) is 63.4 Å². The van der Waals surface area contributed by atoms with E-state index >= 15 is 0 Å². The predicted molar refractivity (Wildman–Crippen MR) is 148 cm³/mol. The number of amides is 1. The molecule has 0 spiro atoms. The highest BCUT2D eigenvalue weighted by atomic mass is 16.6. The standard InChI is InChI=1S/C28H33N7O4/c1-2-39-28(36)34-19-17-33(18-20-34)27-25(35(37)38)26(29-21-30-27)32-15-13-31(14-16-32)24(22-9-5-3-6-10-22)23-11-7-4-8-12-23/h3-12,21,24H,2,13-20H2,1H3. The maximum atomic E-state index is 12.3. The number of nitrogens with zero attached hydrogens (tertiary/aromatic N) is 7. The molecule has 0 bridgehead atoms. The number of ether oxygens (including phenoxy) is 1. The first-order chi connectivity index (χ1) is 19.1. The Bertz CT molecular complexity index is 1220. The maximum Gasteiger partial charge on any atom is 0.409 e. The summed E-state index contributed by atoms with van der Waals surface area (Å²) in [6.45, 7) is 6.41. The summed E-state index contributed by atoms with van der Waals surface area (Å²) in [7, 11) is 0. The van der Waals surface area contributed by atoms with Crippen molar-refractivity contribution in [3.8, 4) is 0 Å². The third-order valence-electron chi connectivity index (χ3n) is 7.28. The molecule has 0 radical (unpaired) electrons. The monoisotopic (exact) mass is 531 g/mol. The molecule has 3 heterocycles. The number of hydrogen-bond acceptors (Lipinski definition) is 9. The summed E-state index contributed by atoms with van der Waals surface area (Å²) in [6.07, 6.45) is 1.04. The minimum atomic E-state index is -0.383. The Hall–Kier alpha value is -4.25. The van der Waals surface area contributed by atoms with Gasteiger partial charge in [-0.2, -0.15) is 0 Å². The zero-order chi connectivity index (χ0) is 27.2. The first kappa shape index (κ1) is 26.4. The van der Waals surface area contributed by atoms with E-state index in [0.717, 1.165) is 13.1 Å². The molecule has 2 saturated heterocycles. The van der Waals surface area contributed by atoms with Crippen LogP contribution in [0.15, 0.2) is 67.0 Å². The molecule has 1 amide bonds. The molecule has 3 aromatic rings. The van der Waals surface area contributed by atoms with Crippen LogP contribution in [0.5, 0.6) is 0 Å². The minimum absolute atomic E-state index is 0.0850. The van der Waals surface area contributed by atoms with E-state index in [9.17, 15) is 14.9 Å². The number of carbonyl (C=O) groups excluding carboxylic acids is 1. The van der Waals surface area contributed by atoms with Gasteiger partial charge in [0, 0.05) is 52.4 Å². The second-order valence-corrected chi connectivity index (χ2v) is 9.55. The van der Waals surface area contributed by atoms with Crippen LogP contribution >= 0.6 is 0 Å². The number of aromatic nitrogens is 2. The molecule has 0 saturated carbocycles. The lowest BCUT2D eigenvalue weighted by molar-refractivity contribution is -0.383. The number of carbonyl (C=O) groups is 1. The summed E-state index contributed by atoms with van der Waals surface area (Å²) in [6, 6.07) is 20.9. The number of benzene rings is 2. The highest BCUT2D eigenvalue weighted by Crippen LogP contribution is 2.36. The fraction of sp³-hybridized carbons (Fsp3) is 0.393. The first-order valence-electron chi connectivity index (χ1n) is 13.3. The average Bonchev–Trinajstić information content (AvgIpc) is 2.98. The van der Waals surface area contributed by atoms with E-state index in [4.69, 9.17) is 4.74 Å². The molecule has 0 atom stereocenters. The lowest BCUT2D eigenvalue weighted by Gasteiger charge is -2.40. The van der Waals surface area contributed by atoms with E-state index in [1.54, 1.807) is 11.8 Å². The van der Waals surface area contributed by atoms with Crippen LogP contribution in [0.25, 0.3) is 0 Å². The summed E-state index contributed by atoms with van der Waals surface area (Å²) in [4.78, 5) is 40.6. The van der Waals surface area contributed by atoms with Crippen LogP contribution < -0.4 is 9.80 Å². The molecule has 0 N–H and O–H groups in total. The Kier molecular flexibility index (Phi) is 8.16. The number of nitro groups is 1. The van der Waals surface area contributed by atoms with Gasteiger partial charge in [-0.25, -0.2) is 14.8 Å². The normalized spacial score (nSPS) is 16.4. The van der Waals surface area contributed by atoms with Crippen molar-refractivity contribution in [2.75, 3.05) is 68.8 Å². The zero-order valence-corrected chi connectivity index (χ0v) is 22.1. The predicted octanol–water partition coefficient (Wildman–Crippen LogP) is 3.57. The second-order valence-electron chi connectivity index (χ2n) is 9.55. The Morgan fingerprint density at radius 2 is 1.33 bits per heavy atom. The topological polar surface area (TPSA) is 108 Å². The van der Waals surface area contributed by atoms with Gasteiger partial charge in [0.25, 0.3) is 0 Å². The van der Waals surface area contributed by atoms with Gasteiger partial charge in [0.05, 0.1) is 17.6 Å². The molecule has 0 unspecified atom stereocenters. The van der Waals surface area contributed by atoms with E-state index < -0.39 is 0 Å². The average molecular weight is 532 g/mol. The highest BCUT2D eigenvalue weighted by Gasteiger charge is 2.35. The number of rotatable bonds is 7. The fourth-order valence-electron chi connectivity index (χ4n) is 5.38. The number of hydrogen-bond donors (Lipinski definition) is 0. The summed E-state index contributed by atoms with van der Waals surface area (Å²) in [5.41, 5.74) is 2.35. The molecular weight excluding hydrogens is 498 g/mol. The van der Waals surface area contributed by atoms with E-state index in [0.29, 0.717) is 57.5 Å². The van der Waals surface area contributed by atoms with E-state index in [1.807, 2.05) is 21.9 Å². The molecule has 2 aromatic carbocycles. The lowest BCUT2D eigenvalue weighted by atomic mass is 9.96. The van der Waals surface area contributed by atoms with Gasteiger partial charge in [-0.1, -0.05) is 60.7 Å². The SMILES string of the molecule is CCOC(=O)N1CCN(c2ncnc(N3CCN(C(c4ccccc4)c4ccccc4)CC3)c2[N+](=O)[O-])CC1. The smallest absolute Gasteiger partial charge is 0.409 e. The number of piperazine rings is 2. The molecule has 2 aliphatic rings. The van der Waals surface area contributed by atoms with Crippen LogP contribution in [0.1, 0.15) is 24.1 Å². The zero-order valence-electron chi connectivity index (χ0n) is 22.1. The van der Waals surface area contributed by atoms with Crippen LogP contribution in [-0.2, 0) is 4.74 Å². The van der Waals surface area contributed by atoms with E-state index in [-0.39, 0.29) is 22.7 Å². The Balaban J connectivity index is 1.33. The molecule has 5 rings (SSSR count). The third kappa shape index (κ3) is 5.78. The van der Waals surface area contributed by atoms with Crippen molar-refractivity contribution in [3.63, 3.8) is 0 Å². The molecule has 39 heavy (non-hydrogen) atoms. The Morgan fingerprint density at radius 1 is 0.846 bits per heavy atom. The summed E-state index contributed by atoms with van der Waals surface area (Å²) in [5, 5.41) is 12.3. The van der Waals surface area contributed by atoms with E-state index in [1.165, 1.54) is 17.5 Å². The Labute approximate surface area is 227 Å². The summed E-state index contributed by atoms with van der Waals surface area (Å²) < 4.78 is 5.09. The summed E-state index contributed by atoms with van der Waals surface area (Å²) in [5.74, 6) is 0.635. The molecule has 0 aliphatic carbocycles. The second kappa shape index (κ2) is 12.1. The molecule has 2 aliphatic heterocycles. The fourth-order valence-corrected chi connectivity index (χ4v) is 5.38. The molecular formula is C28H33N7O4. The van der Waals surface area contributed by atoms with Gasteiger partial charge in [0.15, 0.2) is 0 Å². The molecule has 2 fully saturated rings. The van der Waals surface area contributed by atoms with Crippen molar-refractivity contribution >= 4 is 23.4 Å². The van der Waals surface area contributed by atoms with Crippen molar-refractivity contribution < 1.29 is 14.5 Å². The van der Waals surface area contributed by atoms with Crippen LogP contribution in [-0.4, -0.2) is 89.7 Å². The van der Waals surface area contributed by atoms with Gasteiger partial charge in [-0.3, -0.25) is 15.0 Å². The van der Waals surface area contributed by atoms with Crippen LogP contribution in [0.4, 0.5) is 22.1 Å². The van der Waals surface area contributed by atoms with Crippen molar-refractivity contribution in [2.24, 2.45) is 0 Å². The first-order valence-corrected chi connectivity index (χ1v) is 13.3. The molecule has 1 aromatic heterocycles. The molecule has 11 heteroatoms. The largest absolute Gasteiger partial charge is 0.450 e. The van der Waals surface area contributed by atoms with Crippen LogP contribution in [0, 0.1) is 10.1 Å². The van der Waals surface area contributed by atoms with Crippen molar-refractivity contribution in [3.05, 3.63) is 88.2 Å². The van der Waals surface area contributed by atoms with Crippen molar-refractivity contribution in [2.45, 2.75) is 13.0 Å². The molecule has 204 valence electrons. The molecule has 11 nitrogen and oxygen atoms in total. The minimum Gasteiger partial charge on any atom is -0.450 e. The lowest BCUT2D eigenvalue weighted by Crippen LogP contribution is -2.50. The van der Waals surface area contributed by atoms with Crippen LogP contribution in [0.3, 0.4) is 0 Å². The van der Waals surface area contributed by atoms with Gasteiger partial charge in [-0.15, -0.1) is 0 Å². The quantitative estimate of drug-likeness (QED) is 0.334. The number of anilines is 2. The van der Waals surface area contributed by atoms with Crippen molar-refractivity contribution in [1.82, 2.24) is 19.8 Å². The van der Waals surface area contributed by atoms with Crippen LogP contribution in [0.2, 0.25) is 0 Å². The van der Waals surface area contributed by atoms with Crippen molar-refractivity contribution in [1.29, 1.82) is 0 Å². The van der Waals surface area contributed by atoms with Gasteiger partial charge < -0.3 is 19.4 Å².